The number of likely N-dealkylation sites (tertiary alicyclic amines) is 1. The van der Waals surface area contributed by atoms with Crippen molar-refractivity contribution in [3.8, 4) is 5.75 Å². The second-order valence-corrected chi connectivity index (χ2v) is 7.16. The highest BCUT2D eigenvalue weighted by molar-refractivity contribution is 6.32. The molecule has 6 nitrogen and oxygen atoms in total. The van der Waals surface area contributed by atoms with Crippen molar-refractivity contribution in [1.82, 2.24) is 14.7 Å². The lowest BCUT2D eigenvalue weighted by atomic mass is 9.85. The van der Waals surface area contributed by atoms with Crippen molar-refractivity contribution in [1.29, 1.82) is 0 Å². The van der Waals surface area contributed by atoms with Gasteiger partial charge in [0, 0.05) is 19.6 Å². The Balaban J connectivity index is 1.78. The number of anilines is 1. The first-order chi connectivity index (χ1) is 12.5. The molecule has 0 amide bonds. The third-order valence-electron chi connectivity index (χ3n) is 5.10. The summed E-state index contributed by atoms with van der Waals surface area (Å²) in [6.07, 6.45) is 3.88. The van der Waals surface area contributed by atoms with E-state index in [-0.39, 0.29) is 10.6 Å². The van der Waals surface area contributed by atoms with Gasteiger partial charge in [-0.05, 0) is 50.0 Å². The topological polar surface area (TPSA) is 59.4 Å². The molecule has 1 N–H and O–H groups in total. The van der Waals surface area contributed by atoms with Crippen LogP contribution in [0.3, 0.4) is 0 Å². The smallest absolute Gasteiger partial charge is 0.287 e. The Bertz CT molecular complexity index is 806. The fourth-order valence-corrected chi connectivity index (χ4v) is 3.91. The molecular formula is C19H25ClN4O2. The third-order valence-corrected chi connectivity index (χ3v) is 5.46. The SMILES string of the molecule is COc1ccc(C2C(CNc3cnn(C)c(=O)c3Cl)CCCN2C)cc1. The summed E-state index contributed by atoms with van der Waals surface area (Å²) >= 11 is 6.17. The number of methoxy groups -OCH3 is 1. The second kappa shape index (κ2) is 8.10. The summed E-state index contributed by atoms with van der Waals surface area (Å²) in [6.45, 7) is 1.80. The van der Waals surface area contributed by atoms with Crippen LogP contribution >= 0.6 is 11.6 Å². The number of nitrogens with zero attached hydrogens (tertiary/aromatic N) is 3. The molecule has 140 valence electrons. The van der Waals surface area contributed by atoms with Gasteiger partial charge in [0.1, 0.15) is 10.8 Å². The van der Waals surface area contributed by atoms with Crippen LogP contribution in [0.15, 0.2) is 35.3 Å². The zero-order valence-electron chi connectivity index (χ0n) is 15.4. The van der Waals surface area contributed by atoms with Crippen molar-refractivity contribution in [2.75, 3.05) is 32.6 Å². The van der Waals surface area contributed by atoms with Gasteiger partial charge >= 0.3 is 0 Å². The predicted octanol–water partition coefficient (Wildman–Crippen LogP) is 2.94. The molecule has 3 rings (SSSR count). The van der Waals surface area contributed by atoms with E-state index in [9.17, 15) is 4.79 Å². The summed E-state index contributed by atoms with van der Waals surface area (Å²) in [6, 6.07) is 8.57. The Morgan fingerprint density at radius 3 is 2.73 bits per heavy atom. The molecule has 26 heavy (non-hydrogen) atoms. The molecule has 7 heteroatoms. The molecule has 1 aromatic heterocycles. The predicted molar refractivity (Wildman–Crippen MR) is 104 cm³/mol. The Morgan fingerprint density at radius 2 is 2.04 bits per heavy atom. The highest BCUT2D eigenvalue weighted by Crippen LogP contribution is 2.36. The number of halogens is 1. The van der Waals surface area contributed by atoms with E-state index in [1.54, 1.807) is 20.4 Å². The number of rotatable bonds is 5. The molecule has 2 aromatic rings. The Kier molecular flexibility index (Phi) is 5.84. The van der Waals surface area contributed by atoms with Gasteiger partial charge in [-0.2, -0.15) is 5.10 Å². The zero-order chi connectivity index (χ0) is 18.7. The van der Waals surface area contributed by atoms with Crippen molar-refractivity contribution in [3.05, 3.63) is 51.4 Å². The number of piperidine rings is 1. The first kappa shape index (κ1) is 18.7. The molecule has 0 bridgehead atoms. The lowest BCUT2D eigenvalue weighted by molar-refractivity contribution is 0.128. The fraction of sp³-hybridized carbons (Fsp3) is 0.474. The van der Waals surface area contributed by atoms with Crippen LogP contribution in [-0.4, -0.2) is 41.9 Å². The van der Waals surface area contributed by atoms with Crippen LogP contribution in [0.2, 0.25) is 5.02 Å². The van der Waals surface area contributed by atoms with Gasteiger partial charge < -0.3 is 10.1 Å². The minimum Gasteiger partial charge on any atom is -0.497 e. The average Bonchev–Trinajstić information content (AvgIpc) is 2.66. The van der Waals surface area contributed by atoms with Crippen molar-refractivity contribution in [3.63, 3.8) is 0 Å². The van der Waals surface area contributed by atoms with Crippen LogP contribution in [0, 0.1) is 5.92 Å². The van der Waals surface area contributed by atoms with E-state index in [2.05, 4.69) is 34.5 Å². The molecule has 2 heterocycles. The summed E-state index contributed by atoms with van der Waals surface area (Å²) in [7, 11) is 5.43. The van der Waals surface area contributed by atoms with Gasteiger partial charge in [0.25, 0.3) is 5.56 Å². The van der Waals surface area contributed by atoms with E-state index in [0.717, 1.165) is 31.7 Å². The maximum Gasteiger partial charge on any atom is 0.287 e. The van der Waals surface area contributed by atoms with Crippen molar-refractivity contribution < 1.29 is 4.74 Å². The summed E-state index contributed by atoms with van der Waals surface area (Å²) in [4.78, 5) is 14.3. The molecule has 0 spiro atoms. The van der Waals surface area contributed by atoms with Crippen LogP contribution in [0.4, 0.5) is 5.69 Å². The lowest BCUT2D eigenvalue weighted by Crippen LogP contribution is -2.39. The lowest BCUT2D eigenvalue weighted by Gasteiger charge is -2.40. The van der Waals surface area contributed by atoms with Crippen LogP contribution in [-0.2, 0) is 7.05 Å². The number of aryl methyl sites for hydroxylation is 1. The van der Waals surface area contributed by atoms with Crippen LogP contribution in [0.1, 0.15) is 24.4 Å². The van der Waals surface area contributed by atoms with E-state index in [0.29, 0.717) is 17.6 Å². The Morgan fingerprint density at radius 1 is 1.31 bits per heavy atom. The third kappa shape index (κ3) is 3.86. The van der Waals surface area contributed by atoms with Crippen LogP contribution in [0.5, 0.6) is 5.75 Å². The Labute approximate surface area is 158 Å². The van der Waals surface area contributed by atoms with Crippen molar-refractivity contribution >= 4 is 17.3 Å². The van der Waals surface area contributed by atoms with Crippen molar-refractivity contribution in [2.45, 2.75) is 18.9 Å². The standard InChI is InChI=1S/C19H25ClN4O2/c1-23-10-4-5-14(18(23)13-6-8-15(26-3)9-7-13)11-21-16-12-22-24(2)19(25)17(16)20/h6-9,12,14,18,21H,4-5,10-11H2,1-3H3. The van der Waals surface area contributed by atoms with Gasteiger partial charge in [0.2, 0.25) is 0 Å². The van der Waals surface area contributed by atoms with Gasteiger partial charge in [0.05, 0.1) is 19.0 Å². The summed E-state index contributed by atoms with van der Waals surface area (Å²) < 4.78 is 6.51. The molecule has 2 atom stereocenters. The molecule has 1 aliphatic rings. The van der Waals surface area contributed by atoms with Crippen LogP contribution < -0.4 is 15.6 Å². The monoisotopic (exact) mass is 376 g/mol. The molecule has 1 aliphatic heterocycles. The second-order valence-electron chi connectivity index (χ2n) is 6.78. The maximum absolute atomic E-state index is 11.9. The first-order valence-corrected chi connectivity index (χ1v) is 9.19. The van der Waals surface area contributed by atoms with Gasteiger partial charge in [-0.25, -0.2) is 4.68 Å². The van der Waals surface area contributed by atoms with Crippen molar-refractivity contribution in [2.24, 2.45) is 13.0 Å². The highest BCUT2D eigenvalue weighted by atomic mass is 35.5. The molecule has 0 saturated carbocycles. The van der Waals surface area contributed by atoms with E-state index in [1.165, 1.54) is 10.2 Å². The summed E-state index contributed by atoms with van der Waals surface area (Å²) in [5.74, 6) is 1.27. The Hall–Kier alpha value is -2.05. The summed E-state index contributed by atoms with van der Waals surface area (Å²) in [5, 5.41) is 7.57. The number of benzene rings is 1. The highest BCUT2D eigenvalue weighted by Gasteiger charge is 2.30. The van der Waals surface area contributed by atoms with E-state index in [1.807, 2.05) is 12.1 Å². The van der Waals surface area contributed by atoms with Crippen LogP contribution in [0.25, 0.3) is 0 Å². The fourth-order valence-electron chi connectivity index (χ4n) is 3.68. The molecule has 0 radical (unpaired) electrons. The molecule has 1 aromatic carbocycles. The van der Waals surface area contributed by atoms with E-state index in [4.69, 9.17) is 16.3 Å². The maximum atomic E-state index is 11.9. The quantitative estimate of drug-likeness (QED) is 0.869. The molecule has 0 aliphatic carbocycles. The van der Waals surface area contributed by atoms with Gasteiger partial charge in [0.15, 0.2) is 0 Å². The molecule has 2 unspecified atom stereocenters. The van der Waals surface area contributed by atoms with Gasteiger partial charge in [-0.3, -0.25) is 9.69 Å². The normalized spacial score (nSPS) is 20.8. The number of aromatic nitrogens is 2. The number of ether oxygens (including phenoxy) is 1. The number of hydrogen-bond acceptors (Lipinski definition) is 5. The molecule has 1 fully saturated rings. The zero-order valence-corrected chi connectivity index (χ0v) is 16.2. The minimum atomic E-state index is -0.288. The molecular weight excluding hydrogens is 352 g/mol. The van der Waals surface area contributed by atoms with Gasteiger partial charge in [-0.15, -0.1) is 0 Å². The van der Waals surface area contributed by atoms with Gasteiger partial charge in [-0.1, -0.05) is 23.7 Å². The summed E-state index contributed by atoms with van der Waals surface area (Å²) in [5.41, 5.74) is 1.58. The number of nitrogens with one attached hydrogen (secondary N) is 1. The molecule has 1 saturated heterocycles. The first-order valence-electron chi connectivity index (χ1n) is 8.81. The van der Waals surface area contributed by atoms with E-state index < -0.39 is 0 Å². The number of hydrogen-bond donors (Lipinski definition) is 1. The average molecular weight is 377 g/mol. The van der Waals surface area contributed by atoms with E-state index >= 15 is 0 Å². The minimum absolute atomic E-state index is 0.188. The largest absolute Gasteiger partial charge is 0.497 e.